The molecular weight excluding hydrogens is 206 g/mol. The monoisotopic (exact) mass is 216 g/mol. The SMILES string of the molecule is COc1ccc(F)c(F)c1C(C)C(=O)O. The topological polar surface area (TPSA) is 46.5 Å². The molecule has 0 heterocycles. The summed E-state index contributed by atoms with van der Waals surface area (Å²) < 4.78 is 31.0. The molecule has 0 aromatic heterocycles. The van der Waals surface area contributed by atoms with Crippen LogP contribution in [0.5, 0.6) is 5.75 Å². The summed E-state index contributed by atoms with van der Waals surface area (Å²) >= 11 is 0. The minimum atomic E-state index is -1.24. The van der Waals surface area contributed by atoms with E-state index >= 15 is 0 Å². The van der Waals surface area contributed by atoms with Crippen molar-refractivity contribution in [1.82, 2.24) is 0 Å². The van der Waals surface area contributed by atoms with Crippen molar-refractivity contribution in [2.75, 3.05) is 7.11 Å². The number of hydrogen-bond donors (Lipinski definition) is 1. The maximum absolute atomic E-state index is 13.3. The number of carbonyl (C=O) groups is 1. The molecule has 0 saturated heterocycles. The first-order valence-electron chi connectivity index (χ1n) is 4.23. The van der Waals surface area contributed by atoms with Gasteiger partial charge in [0, 0.05) is 5.56 Å². The first kappa shape index (κ1) is 11.4. The van der Waals surface area contributed by atoms with Crippen molar-refractivity contribution in [2.24, 2.45) is 0 Å². The number of hydrogen-bond acceptors (Lipinski definition) is 2. The van der Waals surface area contributed by atoms with Gasteiger partial charge in [-0.25, -0.2) is 8.78 Å². The highest BCUT2D eigenvalue weighted by atomic mass is 19.2. The Hall–Kier alpha value is -1.65. The number of carboxylic acid groups (broad SMARTS) is 1. The normalized spacial score (nSPS) is 12.3. The summed E-state index contributed by atoms with van der Waals surface area (Å²) in [7, 11) is 1.27. The smallest absolute Gasteiger partial charge is 0.310 e. The summed E-state index contributed by atoms with van der Waals surface area (Å²) in [6.45, 7) is 1.27. The van der Waals surface area contributed by atoms with Crippen molar-refractivity contribution in [3.63, 3.8) is 0 Å². The van der Waals surface area contributed by atoms with E-state index in [4.69, 9.17) is 9.84 Å². The van der Waals surface area contributed by atoms with Gasteiger partial charge in [0.15, 0.2) is 11.6 Å². The van der Waals surface area contributed by atoms with Crippen LogP contribution in [0.4, 0.5) is 8.78 Å². The Morgan fingerprint density at radius 1 is 1.47 bits per heavy atom. The fraction of sp³-hybridized carbons (Fsp3) is 0.300. The molecule has 0 fully saturated rings. The molecule has 0 saturated carbocycles. The summed E-state index contributed by atoms with van der Waals surface area (Å²) in [4.78, 5) is 10.7. The van der Waals surface area contributed by atoms with Crippen LogP contribution in [0.3, 0.4) is 0 Å². The van der Waals surface area contributed by atoms with Crippen molar-refractivity contribution in [1.29, 1.82) is 0 Å². The Balaban J connectivity index is 3.35. The van der Waals surface area contributed by atoms with Crippen molar-refractivity contribution >= 4 is 5.97 Å². The maximum atomic E-state index is 13.3. The van der Waals surface area contributed by atoms with Gasteiger partial charge in [0.2, 0.25) is 0 Å². The third kappa shape index (κ3) is 2.06. The van der Waals surface area contributed by atoms with Gasteiger partial charge < -0.3 is 9.84 Å². The Morgan fingerprint density at radius 3 is 2.53 bits per heavy atom. The molecule has 0 aliphatic heterocycles. The van der Waals surface area contributed by atoms with E-state index in [1.165, 1.54) is 20.1 Å². The predicted octanol–water partition coefficient (Wildman–Crippen LogP) is 2.16. The first-order valence-corrected chi connectivity index (χ1v) is 4.23. The summed E-state index contributed by atoms with van der Waals surface area (Å²) in [5.41, 5.74) is -0.273. The average molecular weight is 216 g/mol. The third-order valence-corrected chi connectivity index (χ3v) is 2.12. The highest BCUT2D eigenvalue weighted by Gasteiger charge is 2.24. The lowest BCUT2D eigenvalue weighted by Crippen LogP contribution is -2.12. The van der Waals surface area contributed by atoms with Crippen LogP contribution in [0.2, 0.25) is 0 Å². The molecule has 0 amide bonds. The molecule has 0 aliphatic carbocycles. The second-order valence-electron chi connectivity index (χ2n) is 3.04. The van der Waals surface area contributed by atoms with Crippen LogP contribution in [0.1, 0.15) is 18.4 Å². The lowest BCUT2D eigenvalue weighted by Gasteiger charge is -2.13. The lowest BCUT2D eigenvalue weighted by atomic mass is 9.99. The highest BCUT2D eigenvalue weighted by Crippen LogP contribution is 2.30. The summed E-state index contributed by atoms with van der Waals surface area (Å²) in [6, 6.07) is 2.10. The van der Waals surface area contributed by atoms with Gasteiger partial charge >= 0.3 is 5.97 Å². The standard InChI is InChI=1S/C10H10F2O3/c1-5(10(13)14)8-7(15-2)4-3-6(11)9(8)12/h3-5H,1-2H3,(H,13,14). The van der Waals surface area contributed by atoms with Crippen molar-refractivity contribution in [2.45, 2.75) is 12.8 Å². The van der Waals surface area contributed by atoms with E-state index in [1.54, 1.807) is 0 Å². The van der Waals surface area contributed by atoms with Gasteiger partial charge in [-0.1, -0.05) is 0 Å². The molecule has 82 valence electrons. The van der Waals surface area contributed by atoms with Crippen LogP contribution in [0.15, 0.2) is 12.1 Å². The van der Waals surface area contributed by atoms with E-state index in [0.717, 1.165) is 6.07 Å². The van der Waals surface area contributed by atoms with Crippen LogP contribution in [0.25, 0.3) is 0 Å². The van der Waals surface area contributed by atoms with Crippen LogP contribution in [-0.4, -0.2) is 18.2 Å². The number of carboxylic acids is 1. The highest BCUT2D eigenvalue weighted by molar-refractivity contribution is 5.76. The van der Waals surface area contributed by atoms with Gasteiger partial charge in [-0.15, -0.1) is 0 Å². The molecule has 0 aliphatic rings. The van der Waals surface area contributed by atoms with Gasteiger partial charge in [-0.3, -0.25) is 4.79 Å². The van der Waals surface area contributed by atoms with Gasteiger partial charge in [0.05, 0.1) is 13.0 Å². The maximum Gasteiger partial charge on any atom is 0.310 e. The largest absolute Gasteiger partial charge is 0.496 e. The number of ether oxygens (including phenoxy) is 1. The van der Waals surface area contributed by atoms with E-state index < -0.39 is 23.5 Å². The molecule has 1 aromatic carbocycles. The molecule has 1 aromatic rings. The molecule has 15 heavy (non-hydrogen) atoms. The van der Waals surface area contributed by atoms with E-state index in [0.29, 0.717) is 0 Å². The molecule has 1 N–H and O–H groups in total. The minimum Gasteiger partial charge on any atom is -0.496 e. The molecule has 0 spiro atoms. The Morgan fingerprint density at radius 2 is 2.07 bits per heavy atom. The summed E-state index contributed by atoms with van der Waals surface area (Å²) in [6.07, 6.45) is 0. The number of halogens is 2. The second-order valence-corrected chi connectivity index (χ2v) is 3.04. The van der Waals surface area contributed by atoms with E-state index in [-0.39, 0.29) is 11.3 Å². The Labute approximate surface area is 85.3 Å². The fourth-order valence-corrected chi connectivity index (χ4v) is 1.25. The third-order valence-electron chi connectivity index (χ3n) is 2.12. The van der Waals surface area contributed by atoms with Gasteiger partial charge in [0.25, 0.3) is 0 Å². The average Bonchev–Trinajstić information content (AvgIpc) is 2.20. The van der Waals surface area contributed by atoms with Crippen molar-refractivity contribution < 1.29 is 23.4 Å². The number of benzene rings is 1. The van der Waals surface area contributed by atoms with Crippen LogP contribution < -0.4 is 4.74 Å². The van der Waals surface area contributed by atoms with E-state index in [9.17, 15) is 13.6 Å². The van der Waals surface area contributed by atoms with Crippen LogP contribution >= 0.6 is 0 Å². The lowest BCUT2D eigenvalue weighted by molar-refractivity contribution is -0.138. The molecule has 1 rings (SSSR count). The number of rotatable bonds is 3. The second kappa shape index (κ2) is 4.25. The molecule has 1 atom stereocenters. The van der Waals surface area contributed by atoms with E-state index in [1.807, 2.05) is 0 Å². The van der Waals surface area contributed by atoms with Gasteiger partial charge in [-0.05, 0) is 19.1 Å². The van der Waals surface area contributed by atoms with Gasteiger partial charge in [-0.2, -0.15) is 0 Å². The van der Waals surface area contributed by atoms with Crippen LogP contribution in [0, 0.1) is 11.6 Å². The Kier molecular flexibility index (Phi) is 3.24. The van der Waals surface area contributed by atoms with Crippen molar-refractivity contribution in [3.8, 4) is 5.75 Å². The van der Waals surface area contributed by atoms with Gasteiger partial charge in [0.1, 0.15) is 5.75 Å². The first-order chi connectivity index (χ1) is 6.99. The Bertz CT molecular complexity index is 390. The molecule has 1 unspecified atom stereocenters. The number of aliphatic carboxylic acids is 1. The fourth-order valence-electron chi connectivity index (χ4n) is 1.25. The zero-order valence-corrected chi connectivity index (χ0v) is 8.25. The predicted molar refractivity (Wildman–Crippen MR) is 49.0 cm³/mol. The summed E-state index contributed by atoms with van der Waals surface area (Å²) in [5, 5.41) is 8.73. The summed E-state index contributed by atoms with van der Waals surface area (Å²) in [5.74, 6) is -4.62. The quantitative estimate of drug-likeness (QED) is 0.842. The zero-order chi connectivity index (χ0) is 11.6. The molecule has 0 bridgehead atoms. The molecule has 0 radical (unpaired) electrons. The molecule has 3 nitrogen and oxygen atoms in total. The van der Waals surface area contributed by atoms with Crippen molar-refractivity contribution in [3.05, 3.63) is 29.3 Å². The van der Waals surface area contributed by atoms with Crippen LogP contribution in [-0.2, 0) is 4.79 Å². The molecular formula is C10H10F2O3. The van der Waals surface area contributed by atoms with E-state index in [2.05, 4.69) is 0 Å². The number of methoxy groups -OCH3 is 1. The molecule has 5 heteroatoms. The zero-order valence-electron chi connectivity index (χ0n) is 8.25. The minimum absolute atomic E-state index is 0.0313.